The van der Waals surface area contributed by atoms with E-state index in [1.165, 1.54) is 6.08 Å². The van der Waals surface area contributed by atoms with Gasteiger partial charge in [0.1, 0.15) is 0 Å². The number of fused-ring (bicyclic) bond motifs is 1. The molecule has 2 rings (SSSR count). The van der Waals surface area contributed by atoms with Gasteiger partial charge >= 0.3 is 5.97 Å². The zero-order valence-electron chi connectivity index (χ0n) is 12.9. The zero-order valence-corrected chi connectivity index (χ0v) is 13.8. The van der Waals surface area contributed by atoms with Crippen LogP contribution in [0.5, 0.6) is 0 Å². The van der Waals surface area contributed by atoms with Gasteiger partial charge in [-0.05, 0) is 32.4 Å². The van der Waals surface area contributed by atoms with E-state index in [-0.39, 0.29) is 36.7 Å². The van der Waals surface area contributed by atoms with Crippen LogP contribution in [0.1, 0.15) is 20.3 Å². The minimum absolute atomic E-state index is 0.0947. The van der Waals surface area contributed by atoms with Crippen LogP contribution in [0.25, 0.3) is 0 Å². The highest BCUT2D eigenvalue weighted by Crippen LogP contribution is 2.20. The van der Waals surface area contributed by atoms with Crippen molar-refractivity contribution >= 4 is 27.7 Å². The number of hydrogen-bond acceptors (Lipinski definition) is 5. The first-order valence-corrected chi connectivity index (χ1v) is 8.73. The van der Waals surface area contributed by atoms with Gasteiger partial charge in [-0.1, -0.05) is 0 Å². The molecule has 2 aliphatic heterocycles. The highest BCUT2D eigenvalue weighted by Gasteiger charge is 2.31. The molecule has 8 nitrogen and oxygen atoms in total. The summed E-state index contributed by atoms with van der Waals surface area (Å²) in [6.07, 6.45) is 5.06. The van der Waals surface area contributed by atoms with E-state index in [0.29, 0.717) is 0 Å². The predicted octanol–water partition coefficient (Wildman–Crippen LogP) is 0.101. The molecule has 2 heterocycles. The number of aliphatic carboxylic acids is 1. The lowest BCUT2D eigenvalue weighted by Gasteiger charge is -2.28. The second-order valence-electron chi connectivity index (χ2n) is 6.01. The van der Waals surface area contributed by atoms with Crippen LogP contribution in [0.3, 0.4) is 0 Å². The Morgan fingerprint density at radius 1 is 1.43 bits per heavy atom. The van der Waals surface area contributed by atoms with Crippen molar-refractivity contribution in [2.75, 3.05) is 18.8 Å². The number of amides is 1. The van der Waals surface area contributed by atoms with E-state index in [4.69, 9.17) is 5.11 Å². The third-order valence-electron chi connectivity index (χ3n) is 3.72. The Morgan fingerprint density at radius 2 is 2.13 bits per heavy atom. The molecule has 0 aliphatic carbocycles. The standard InChI is InChI=1S/C14H19N3O5S/c1-14(2,13(19)20)5-6-15-12(18)10-4-3-7-17-8-9-23(21,22)16-11(10)17/h3-4,7H,5-6,8-9H2,1-2H3,(H,15,18)(H,19,20). The van der Waals surface area contributed by atoms with Crippen molar-refractivity contribution < 1.29 is 23.1 Å². The molecule has 9 heteroatoms. The Morgan fingerprint density at radius 3 is 2.78 bits per heavy atom. The van der Waals surface area contributed by atoms with Crippen molar-refractivity contribution in [3.8, 4) is 0 Å². The Balaban J connectivity index is 2.07. The normalized spacial score (nSPS) is 19.5. The Kier molecular flexibility index (Phi) is 4.60. The summed E-state index contributed by atoms with van der Waals surface area (Å²) in [7, 11) is -3.56. The number of carboxylic acid groups (broad SMARTS) is 1. The van der Waals surface area contributed by atoms with E-state index in [1.807, 2.05) is 0 Å². The first-order chi connectivity index (χ1) is 10.6. The third-order valence-corrected chi connectivity index (χ3v) is 4.87. The van der Waals surface area contributed by atoms with Crippen molar-refractivity contribution in [3.63, 3.8) is 0 Å². The number of hydrogen-bond donors (Lipinski definition) is 2. The van der Waals surface area contributed by atoms with Crippen LogP contribution in [-0.4, -0.2) is 55.0 Å². The maximum absolute atomic E-state index is 12.3. The first kappa shape index (κ1) is 17.2. The first-order valence-electron chi connectivity index (χ1n) is 7.12. The smallest absolute Gasteiger partial charge is 0.309 e. The fourth-order valence-electron chi connectivity index (χ4n) is 2.08. The summed E-state index contributed by atoms with van der Waals surface area (Å²) in [6, 6.07) is 0. The molecular formula is C14H19N3O5S. The SMILES string of the molecule is CC(C)(CCNC(=O)C1=CC=CN2CCS(=O)(=O)N=C12)C(=O)O. The van der Waals surface area contributed by atoms with E-state index in [0.717, 1.165) is 0 Å². The summed E-state index contributed by atoms with van der Waals surface area (Å²) < 4.78 is 26.9. The number of amidine groups is 1. The Hall–Kier alpha value is -2.16. The van der Waals surface area contributed by atoms with Crippen molar-refractivity contribution in [1.29, 1.82) is 0 Å². The molecule has 0 atom stereocenters. The van der Waals surface area contributed by atoms with Crippen molar-refractivity contribution in [1.82, 2.24) is 10.2 Å². The summed E-state index contributed by atoms with van der Waals surface area (Å²) in [6.45, 7) is 3.56. The molecule has 0 fully saturated rings. The molecule has 126 valence electrons. The molecule has 0 aromatic rings. The molecule has 0 saturated carbocycles. The minimum atomic E-state index is -3.56. The number of sulfonamides is 1. The number of nitrogens with one attached hydrogen (secondary N) is 1. The quantitative estimate of drug-likeness (QED) is 0.733. The zero-order chi connectivity index (χ0) is 17.3. The second-order valence-corrected chi connectivity index (χ2v) is 7.77. The average molecular weight is 341 g/mol. The van der Waals surface area contributed by atoms with Crippen molar-refractivity contribution in [2.24, 2.45) is 9.81 Å². The van der Waals surface area contributed by atoms with Crippen LogP contribution in [0.2, 0.25) is 0 Å². The topological polar surface area (TPSA) is 116 Å². The van der Waals surface area contributed by atoms with E-state index < -0.39 is 27.3 Å². The lowest BCUT2D eigenvalue weighted by Crippen LogP contribution is -2.42. The maximum Gasteiger partial charge on any atom is 0.309 e. The average Bonchev–Trinajstić information content (AvgIpc) is 2.45. The summed E-state index contributed by atoms with van der Waals surface area (Å²) in [5.74, 6) is -1.41. The monoisotopic (exact) mass is 341 g/mol. The molecule has 0 spiro atoms. The van der Waals surface area contributed by atoms with Crippen LogP contribution in [-0.2, 0) is 19.6 Å². The number of carbonyl (C=O) groups is 2. The van der Waals surface area contributed by atoms with Gasteiger partial charge in [-0.25, -0.2) is 8.42 Å². The van der Waals surface area contributed by atoms with Gasteiger partial charge in [-0.3, -0.25) is 9.59 Å². The molecular weight excluding hydrogens is 322 g/mol. The van der Waals surface area contributed by atoms with Gasteiger partial charge in [0, 0.05) is 19.3 Å². The van der Waals surface area contributed by atoms with Crippen LogP contribution < -0.4 is 5.32 Å². The highest BCUT2D eigenvalue weighted by molar-refractivity contribution is 7.90. The number of carboxylic acids is 1. The Labute approximate surface area is 134 Å². The van der Waals surface area contributed by atoms with Gasteiger partial charge in [0.05, 0.1) is 16.7 Å². The lowest BCUT2D eigenvalue weighted by atomic mass is 9.89. The molecule has 0 aromatic heterocycles. The van der Waals surface area contributed by atoms with Gasteiger partial charge in [-0.15, -0.1) is 4.40 Å². The summed E-state index contributed by atoms with van der Waals surface area (Å²) in [4.78, 5) is 24.9. The summed E-state index contributed by atoms with van der Waals surface area (Å²) in [5.41, 5.74) is -0.796. The number of carbonyl (C=O) groups excluding carboxylic acids is 1. The van der Waals surface area contributed by atoms with Gasteiger partial charge in [0.15, 0.2) is 5.84 Å². The number of rotatable bonds is 5. The van der Waals surface area contributed by atoms with Crippen LogP contribution in [0, 0.1) is 5.41 Å². The predicted molar refractivity (Wildman–Crippen MR) is 84.2 cm³/mol. The molecule has 0 bridgehead atoms. The molecule has 0 aromatic carbocycles. The number of nitrogens with zero attached hydrogens (tertiary/aromatic N) is 2. The van der Waals surface area contributed by atoms with Crippen LogP contribution in [0.4, 0.5) is 0 Å². The second kappa shape index (κ2) is 6.15. The van der Waals surface area contributed by atoms with E-state index in [2.05, 4.69) is 9.71 Å². The number of allylic oxidation sites excluding steroid dienone is 2. The fourth-order valence-corrected chi connectivity index (χ4v) is 3.07. The third kappa shape index (κ3) is 3.98. The maximum atomic E-state index is 12.3. The molecule has 0 saturated heterocycles. The highest BCUT2D eigenvalue weighted by atomic mass is 32.2. The molecule has 23 heavy (non-hydrogen) atoms. The Bertz CT molecular complexity index is 719. The molecule has 0 unspecified atom stereocenters. The fraction of sp³-hybridized carbons (Fsp3) is 0.500. The van der Waals surface area contributed by atoms with Crippen LogP contribution >= 0.6 is 0 Å². The van der Waals surface area contributed by atoms with E-state index in [9.17, 15) is 18.0 Å². The van der Waals surface area contributed by atoms with Gasteiger partial charge in [0.2, 0.25) is 0 Å². The minimum Gasteiger partial charge on any atom is -0.481 e. The lowest BCUT2D eigenvalue weighted by molar-refractivity contribution is -0.147. The van der Waals surface area contributed by atoms with E-state index in [1.54, 1.807) is 31.0 Å². The van der Waals surface area contributed by atoms with Crippen molar-refractivity contribution in [3.05, 3.63) is 23.9 Å². The van der Waals surface area contributed by atoms with Crippen molar-refractivity contribution in [2.45, 2.75) is 20.3 Å². The molecule has 1 amide bonds. The molecule has 0 radical (unpaired) electrons. The molecule has 2 aliphatic rings. The summed E-state index contributed by atoms with van der Waals surface area (Å²) >= 11 is 0. The van der Waals surface area contributed by atoms with Gasteiger partial charge in [-0.2, -0.15) is 0 Å². The molecule has 2 N–H and O–H groups in total. The van der Waals surface area contributed by atoms with Crippen LogP contribution in [0.15, 0.2) is 28.3 Å². The largest absolute Gasteiger partial charge is 0.481 e. The summed E-state index contributed by atoms with van der Waals surface area (Å²) in [5, 5.41) is 11.7. The van der Waals surface area contributed by atoms with Gasteiger partial charge in [0.25, 0.3) is 15.9 Å². The van der Waals surface area contributed by atoms with Gasteiger partial charge < -0.3 is 15.3 Å². The van der Waals surface area contributed by atoms with E-state index >= 15 is 0 Å².